The average Bonchev–Trinajstić information content (AvgIpc) is 3.27. The smallest absolute Gasteiger partial charge is 0.0542 e. The molecule has 0 unspecified atom stereocenters. The van der Waals surface area contributed by atoms with Crippen molar-refractivity contribution >= 4 is 44.0 Å². The summed E-state index contributed by atoms with van der Waals surface area (Å²) in [6, 6.07) is 47.8. The summed E-state index contributed by atoms with van der Waals surface area (Å²) in [5.74, 6) is 0. The van der Waals surface area contributed by atoms with E-state index in [1.54, 1.807) is 0 Å². The van der Waals surface area contributed by atoms with Crippen molar-refractivity contribution in [1.29, 1.82) is 0 Å². The van der Waals surface area contributed by atoms with E-state index in [1.165, 1.54) is 55.0 Å². The Bertz CT molecular complexity index is 1890. The van der Waals surface area contributed by atoms with Gasteiger partial charge in [0, 0.05) is 27.8 Å². The lowest BCUT2D eigenvalue weighted by Crippen LogP contribution is -1.94. The van der Waals surface area contributed by atoms with E-state index >= 15 is 0 Å². The molecule has 7 aromatic rings. The lowest BCUT2D eigenvalue weighted by atomic mass is 9.98. The van der Waals surface area contributed by atoms with Crippen molar-refractivity contribution in [3.63, 3.8) is 0 Å². The van der Waals surface area contributed by atoms with Crippen molar-refractivity contribution in [1.82, 2.24) is 4.57 Å². The van der Waals surface area contributed by atoms with Crippen molar-refractivity contribution in [3.05, 3.63) is 139 Å². The van der Waals surface area contributed by atoms with E-state index in [2.05, 4.69) is 150 Å². The van der Waals surface area contributed by atoms with Crippen LogP contribution in [0.15, 0.2) is 133 Å². The molecule has 2 nitrogen and oxygen atoms in total. The van der Waals surface area contributed by atoms with E-state index in [9.17, 15) is 0 Å². The Labute approximate surface area is 216 Å². The second-order valence-electron chi connectivity index (χ2n) is 9.65. The average molecular weight is 475 g/mol. The molecule has 1 N–H and O–H groups in total. The zero-order chi connectivity index (χ0) is 24.8. The van der Waals surface area contributed by atoms with E-state index in [-0.39, 0.29) is 0 Å². The summed E-state index contributed by atoms with van der Waals surface area (Å²) >= 11 is 0. The topological polar surface area (TPSA) is 17.0 Å². The van der Waals surface area contributed by atoms with Gasteiger partial charge in [-0.2, -0.15) is 0 Å². The molecule has 0 aliphatic heterocycles. The largest absolute Gasteiger partial charge is 0.356 e. The Balaban J connectivity index is 1.25. The first kappa shape index (κ1) is 21.5. The van der Waals surface area contributed by atoms with Crippen LogP contribution in [0.25, 0.3) is 49.4 Å². The van der Waals surface area contributed by atoms with Crippen LogP contribution in [0.1, 0.15) is 5.56 Å². The van der Waals surface area contributed by atoms with Gasteiger partial charge in [-0.05, 0) is 77.4 Å². The first-order chi connectivity index (χ1) is 18.2. The maximum atomic E-state index is 3.62. The molecule has 1 heterocycles. The lowest BCUT2D eigenvalue weighted by molar-refractivity contribution is 1.17. The number of nitrogens with one attached hydrogen (secondary N) is 1. The third-order valence-electron chi connectivity index (χ3n) is 7.24. The summed E-state index contributed by atoms with van der Waals surface area (Å²) in [5, 5.41) is 8.67. The SMILES string of the molecule is Cc1ccc(-n2c3ccccc3c3cc(Nc4ccc(-c5cccc6ccccc56)cc4)ccc32)cc1. The van der Waals surface area contributed by atoms with E-state index in [4.69, 9.17) is 0 Å². The predicted molar refractivity (Wildman–Crippen MR) is 158 cm³/mol. The highest BCUT2D eigenvalue weighted by Crippen LogP contribution is 2.35. The molecule has 0 aliphatic rings. The van der Waals surface area contributed by atoms with Crippen LogP contribution in [-0.4, -0.2) is 4.57 Å². The van der Waals surface area contributed by atoms with Crippen LogP contribution in [0.2, 0.25) is 0 Å². The minimum absolute atomic E-state index is 1.07. The van der Waals surface area contributed by atoms with Gasteiger partial charge >= 0.3 is 0 Å². The van der Waals surface area contributed by atoms with Gasteiger partial charge < -0.3 is 9.88 Å². The van der Waals surface area contributed by atoms with Crippen molar-refractivity contribution < 1.29 is 0 Å². The molecule has 176 valence electrons. The Morgan fingerprint density at radius 2 is 1.19 bits per heavy atom. The molecule has 2 heteroatoms. The Kier molecular flexibility index (Phi) is 5.04. The van der Waals surface area contributed by atoms with Crippen molar-refractivity contribution in [2.45, 2.75) is 6.92 Å². The molecule has 0 saturated heterocycles. The molecule has 0 fully saturated rings. The highest BCUT2D eigenvalue weighted by molar-refractivity contribution is 6.10. The fourth-order valence-corrected chi connectivity index (χ4v) is 5.40. The van der Waals surface area contributed by atoms with Crippen molar-refractivity contribution in [2.24, 2.45) is 0 Å². The third kappa shape index (κ3) is 3.75. The molecule has 37 heavy (non-hydrogen) atoms. The summed E-state index contributed by atoms with van der Waals surface area (Å²) < 4.78 is 2.35. The minimum atomic E-state index is 1.07. The molecule has 0 atom stereocenters. The van der Waals surface area contributed by atoms with E-state index in [1.807, 2.05) is 0 Å². The Hall–Kier alpha value is -4.82. The normalized spacial score (nSPS) is 11.4. The van der Waals surface area contributed by atoms with Crippen molar-refractivity contribution in [2.75, 3.05) is 5.32 Å². The van der Waals surface area contributed by atoms with Crippen LogP contribution in [0.3, 0.4) is 0 Å². The van der Waals surface area contributed by atoms with E-state index < -0.39 is 0 Å². The van der Waals surface area contributed by atoms with Crippen LogP contribution in [0.4, 0.5) is 11.4 Å². The number of hydrogen-bond donors (Lipinski definition) is 1. The van der Waals surface area contributed by atoms with E-state index in [0.29, 0.717) is 0 Å². The summed E-state index contributed by atoms with van der Waals surface area (Å²) in [5.41, 5.74) is 9.51. The fraction of sp³-hybridized carbons (Fsp3) is 0.0286. The van der Waals surface area contributed by atoms with Crippen LogP contribution in [0.5, 0.6) is 0 Å². The highest BCUT2D eigenvalue weighted by Gasteiger charge is 2.12. The first-order valence-corrected chi connectivity index (χ1v) is 12.7. The zero-order valence-electron chi connectivity index (χ0n) is 20.6. The molecule has 0 aliphatic carbocycles. The van der Waals surface area contributed by atoms with E-state index in [0.717, 1.165) is 11.4 Å². The second kappa shape index (κ2) is 8.69. The first-order valence-electron chi connectivity index (χ1n) is 12.7. The summed E-state index contributed by atoms with van der Waals surface area (Å²) in [4.78, 5) is 0. The standard InChI is InChI=1S/C35H26N2/c1-24-13-20-29(21-14-24)37-34-12-5-4-10-32(34)33-23-28(19-22-35(33)37)36-27-17-15-26(16-18-27)31-11-6-8-25-7-2-3-9-30(25)31/h2-23,36H,1H3. The monoisotopic (exact) mass is 474 g/mol. The van der Waals surface area contributed by atoms with Gasteiger partial charge in [-0.1, -0.05) is 90.5 Å². The molecule has 7 rings (SSSR count). The molecule has 6 aromatic carbocycles. The number of para-hydroxylation sites is 1. The second-order valence-corrected chi connectivity index (χ2v) is 9.65. The lowest BCUT2D eigenvalue weighted by Gasteiger charge is -2.11. The number of anilines is 2. The van der Waals surface area contributed by atoms with Crippen molar-refractivity contribution in [3.8, 4) is 16.8 Å². The summed E-state index contributed by atoms with van der Waals surface area (Å²) in [6.45, 7) is 2.13. The van der Waals surface area contributed by atoms with Gasteiger partial charge in [0.05, 0.1) is 11.0 Å². The number of aromatic nitrogens is 1. The fourth-order valence-electron chi connectivity index (χ4n) is 5.40. The van der Waals surface area contributed by atoms with Gasteiger partial charge in [-0.15, -0.1) is 0 Å². The maximum Gasteiger partial charge on any atom is 0.0542 e. The number of hydrogen-bond acceptors (Lipinski definition) is 1. The molecule has 0 bridgehead atoms. The molecule has 0 radical (unpaired) electrons. The minimum Gasteiger partial charge on any atom is -0.356 e. The maximum absolute atomic E-state index is 3.62. The Morgan fingerprint density at radius 1 is 0.514 bits per heavy atom. The predicted octanol–water partition coefficient (Wildman–Crippen LogP) is 9.66. The number of aryl methyl sites for hydroxylation is 1. The van der Waals surface area contributed by atoms with Gasteiger partial charge in [0.2, 0.25) is 0 Å². The van der Waals surface area contributed by atoms with Crippen LogP contribution in [0, 0.1) is 6.92 Å². The van der Waals surface area contributed by atoms with Crippen LogP contribution < -0.4 is 5.32 Å². The van der Waals surface area contributed by atoms with Crippen LogP contribution >= 0.6 is 0 Å². The molecule has 0 saturated carbocycles. The highest BCUT2D eigenvalue weighted by atomic mass is 15.0. The Morgan fingerprint density at radius 3 is 2.03 bits per heavy atom. The van der Waals surface area contributed by atoms with Gasteiger partial charge in [-0.25, -0.2) is 0 Å². The van der Waals surface area contributed by atoms with Gasteiger partial charge in [0.15, 0.2) is 0 Å². The van der Waals surface area contributed by atoms with Gasteiger partial charge in [0.1, 0.15) is 0 Å². The number of nitrogens with zero attached hydrogens (tertiary/aromatic N) is 1. The summed E-state index contributed by atoms with van der Waals surface area (Å²) in [7, 11) is 0. The zero-order valence-corrected chi connectivity index (χ0v) is 20.6. The molecular formula is C35H26N2. The third-order valence-corrected chi connectivity index (χ3v) is 7.24. The molecular weight excluding hydrogens is 448 g/mol. The molecule has 0 amide bonds. The summed E-state index contributed by atoms with van der Waals surface area (Å²) in [6.07, 6.45) is 0. The van der Waals surface area contributed by atoms with Gasteiger partial charge in [0.25, 0.3) is 0 Å². The number of fused-ring (bicyclic) bond motifs is 4. The molecule has 0 spiro atoms. The number of rotatable bonds is 4. The quantitative estimate of drug-likeness (QED) is 0.269. The van der Waals surface area contributed by atoms with Crippen LogP contribution in [-0.2, 0) is 0 Å². The van der Waals surface area contributed by atoms with Gasteiger partial charge in [-0.3, -0.25) is 0 Å². The number of benzene rings is 6. The molecule has 1 aromatic heterocycles.